The predicted molar refractivity (Wildman–Crippen MR) is 109 cm³/mol. The highest BCUT2D eigenvalue weighted by atomic mass is 16.2. The van der Waals surface area contributed by atoms with E-state index in [0.29, 0.717) is 13.1 Å². The first-order chi connectivity index (χ1) is 13.6. The molecule has 0 saturated heterocycles. The lowest BCUT2D eigenvalue weighted by Crippen LogP contribution is -2.33. The highest BCUT2D eigenvalue weighted by molar-refractivity contribution is 5.95. The molecule has 2 aromatic heterocycles. The van der Waals surface area contributed by atoms with Gasteiger partial charge >= 0.3 is 0 Å². The topological polar surface area (TPSA) is 56.0 Å². The molecule has 6 nitrogen and oxygen atoms in total. The van der Waals surface area contributed by atoms with E-state index in [9.17, 15) is 4.79 Å². The quantitative estimate of drug-likeness (QED) is 0.701. The molecule has 1 amide bonds. The van der Waals surface area contributed by atoms with Crippen LogP contribution < -0.4 is 0 Å². The molecule has 1 aromatic carbocycles. The summed E-state index contributed by atoms with van der Waals surface area (Å²) in [5.41, 5.74) is 6.35. The van der Waals surface area contributed by atoms with Crippen molar-refractivity contribution in [1.29, 1.82) is 0 Å². The lowest BCUT2D eigenvalue weighted by atomic mass is 10.0. The molecular formula is C22H27N5O. The normalized spacial score (nSPS) is 14.0. The first-order valence-corrected chi connectivity index (χ1v) is 10.0. The van der Waals surface area contributed by atoms with Crippen molar-refractivity contribution < 1.29 is 4.79 Å². The van der Waals surface area contributed by atoms with Crippen LogP contribution in [0.1, 0.15) is 40.7 Å². The molecule has 0 saturated carbocycles. The first-order valence-electron chi connectivity index (χ1n) is 10.0. The Kier molecular flexibility index (Phi) is 5.03. The number of rotatable bonds is 4. The molecule has 0 fully saturated rings. The Morgan fingerprint density at radius 1 is 1.14 bits per heavy atom. The van der Waals surface area contributed by atoms with Gasteiger partial charge < -0.3 is 4.90 Å². The molecule has 4 rings (SSSR count). The number of benzene rings is 1. The number of carbonyl (C=O) groups is 1. The average molecular weight is 377 g/mol. The molecule has 0 unspecified atom stereocenters. The molecule has 3 aromatic rings. The molecule has 0 spiro atoms. The van der Waals surface area contributed by atoms with E-state index in [4.69, 9.17) is 5.10 Å². The maximum absolute atomic E-state index is 13.2. The minimum Gasteiger partial charge on any atom is -0.338 e. The van der Waals surface area contributed by atoms with Crippen LogP contribution in [0.2, 0.25) is 0 Å². The number of nitrogens with zero attached hydrogens (tertiary/aromatic N) is 5. The van der Waals surface area contributed by atoms with Gasteiger partial charge in [-0.05, 0) is 19.8 Å². The van der Waals surface area contributed by atoms with Gasteiger partial charge in [-0.25, -0.2) is 0 Å². The maximum Gasteiger partial charge on any atom is 0.257 e. The molecule has 1 aliphatic heterocycles. The summed E-state index contributed by atoms with van der Waals surface area (Å²) in [5.74, 6) is 0.0851. The highest BCUT2D eigenvalue weighted by Gasteiger charge is 2.26. The van der Waals surface area contributed by atoms with Gasteiger partial charge in [-0.15, -0.1) is 0 Å². The van der Waals surface area contributed by atoms with Crippen molar-refractivity contribution in [3.8, 4) is 11.3 Å². The Hall–Kier alpha value is -2.89. The van der Waals surface area contributed by atoms with E-state index < -0.39 is 0 Å². The summed E-state index contributed by atoms with van der Waals surface area (Å²) >= 11 is 0. The molecule has 0 N–H and O–H groups in total. The van der Waals surface area contributed by atoms with Gasteiger partial charge in [0.15, 0.2) is 0 Å². The largest absolute Gasteiger partial charge is 0.338 e. The SMILES string of the molecule is CCCn1ncc(C(=O)N2CCc3c(-c4ccccc4)nn(C)c3CC2)c1C. The van der Waals surface area contributed by atoms with Crippen molar-refractivity contribution in [2.75, 3.05) is 13.1 Å². The van der Waals surface area contributed by atoms with E-state index >= 15 is 0 Å². The standard InChI is InChI=1S/C22H27N5O/c1-4-12-27-16(2)19(15-23-27)22(28)26-13-10-18-20(11-14-26)25(3)24-21(18)17-8-6-5-7-9-17/h5-9,15H,4,10-14H2,1-3H3. The fourth-order valence-corrected chi connectivity index (χ4v) is 4.07. The fraction of sp³-hybridized carbons (Fsp3) is 0.409. The highest BCUT2D eigenvalue weighted by Crippen LogP contribution is 2.28. The molecule has 146 valence electrons. The molecule has 1 aliphatic rings. The molecule has 0 bridgehead atoms. The molecular weight excluding hydrogens is 350 g/mol. The second-order valence-corrected chi connectivity index (χ2v) is 7.42. The van der Waals surface area contributed by atoms with Crippen LogP contribution in [0.4, 0.5) is 0 Å². The van der Waals surface area contributed by atoms with Crippen LogP contribution in [-0.2, 0) is 26.4 Å². The Morgan fingerprint density at radius 2 is 1.89 bits per heavy atom. The van der Waals surface area contributed by atoms with Crippen molar-refractivity contribution in [3.05, 3.63) is 59.0 Å². The van der Waals surface area contributed by atoms with Crippen molar-refractivity contribution in [3.63, 3.8) is 0 Å². The van der Waals surface area contributed by atoms with E-state index in [1.165, 1.54) is 11.3 Å². The minimum absolute atomic E-state index is 0.0851. The Balaban J connectivity index is 1.58. The summed E-state index contributed by atoms with van der Waals surface area (Å²) in [4.78, 5) is 15.1. The summed E-state index contributed by atoms with van der Waals surface area (Å²) in [6.45, 7) is 6.36. The molecule has 0 aliphatic carbocycles. The molecule has 3 heterocycles. The third kappa shape index (κ3) is 3.23. The van der Waals surface area contributed by atoms with Gasteiger partial charge in [-0.2, -0.15) is 10.2 Å². The van der Waals surface area contributed by atoms with Crippen molar-refractivity contribution in [1.82, 2.24) is 24.5 Å². The van der Waals surface area contributed by atoms with E-state index in [0.717, 1.165) is 48.3 Å². The number of hydrogen-bond acceptors (Lipinski definition) is 3. The summed E-state index contributed by atoms with van der Waals surface area (Å²) in [5, 5.41) is 9.17. The summed E-state index contributed by atoms with van der Waals surface area (Å²) in [7, 11) is 2.00. The second-order valence-electron chi connectivity index (χ2n) is 7.42. The van der Waals surface area contributed by atoms with Gasteiger partial charge in [0.2, 0.25) is 0 Å². The van der Waals surface area contributed by atoms with Gasteiger partial charge in [-0.3, -0.25) is 14.2 Å². The monoisotopic (exact) mass is 377 g/mol. The lowest BCUT2D eigenvalue weighted by molar-refractivity contribution is 0.0761. The zero-order valence-corrected chi connectivity index (χ0v) is 16.9. The number of amides is 1. The zero-order chi connectivity index (χ0) is 19.7. The van der Waals surface area contributed by atoms with Gasteiger partial charge in [0.1, 0.15) is 0 Å². The lowest BCUT2D eigenvalue weighted by Gasteiger charge is -2.20. The van der Waals surface area contributed by atoms with Crippen molar-refractivity contribution in [2.45, 2.75) is 39.7 Å². The van der Waals surface area contributed by atoms with E-state index in [-0.39, 0.29) is 5.91 Å². The smallest absolute Gasteiger partial charge is 0.257 e. The molecule has 28 heavy (non-hydrogen) atoms. The second kappa shape index (κ2) is 7.62. The van der Waals surface area contributed by atoms with E-state index in [2.05, 4.69) is 24.2 Å². The van der Waals surface area contributed by atoms with Crippen LogP contribution in [0, 0.1) is 6.92 Å². The van der Waals surface area contributed by atoms with E-state index in [1.807, 2.05) is 46.4 Å². The Bertz CT molecular complexity index is 986. The van der Waals surface area contributed by atoms with Gasteiger partial charge in [0.05, 0.1) is 17.5 Å². The maximum atomic E-state index is 13.2. The third-order valence-electron chi connectivity index (χ3n) is 5.63. The predicted octanol–water partition coefficient (Wildman–Crippen LogP) is 3.24. The fourth-order valence-electron chi connectivity index (χ4n) is 4.07. The van der Waals surface area contributed by atoms with Crippen molar-refractivity contribution in [2.24, 2.45) is 7.05 Å². The number of aromatic nitrogens is 4. The van der Waals surface area contributed by atoms with Crippen LogP contribution in [0.15, 0.2) is 36.5 Å². The van der Waals surface area contributed by atoms with Gasteiger partial charge in [0.25, 0.3) is 5.91 Å². The molecule has 0 atom stereocenters. The number of aryl methyl sites for hydroxylation is 2. The summed E-state index contributed by atoms with van der Waals surface area (Å²) < 4.78 is 3.91. The van der Waals surface area contributed by atoms with Crippen LogP contribution in [0.25, 0.3) is 11.3 Å². The first kappa shape index (κ1) is 18.5. The van der Waals surface area contributed by atoms with Crippen LogP contribution >= 0.6 is 0 Å². The summed E-state index contributed by atoms with van der Waals surface area (Å²) in [6.07, 6.45) is 4.37. The van der Waals surface area contributed by atoms with Gasteiger partial charge in [-0.1, -0.05) is 37.3 Å². The molecule has 6 heteroatoms. The molecule has 0 radical (unpaired) electrons. The average Bonchev–Trinajstić information content (AvgIpc) is 3.13. The number of carbonyl (C=O) groups excluding carboxylic acids is 1. The number of fused-ring (bicyclic) bond motifs is 1. The van der Waals surface area contributed by atoms with Crippen LogP contribution in [-0.4, -0.2) is 43.5 Å². The third-order valence-corrected chi connectivity index (χ3v) is 5.63. The summed E-state index contributed by atoms with van der Waals surface area (Å²) in [6, 6.07) is 10.3. The Labute approximate surface area is 165 Å². The zero-order valence-electron chi connectivity index (χ0n) is 16.9. The van der Waals surface area contributed by atoms with E-state index in [1.54, 1.807) is 6.20 Å². The number of hydrogen-bond donors (Lipinski definition) is 0. The minimum atomic E-state index is 0.0851. The Morgan fingerprint density at radius 3 is 2.64 bits per heavy atom. The van der Waals surface area contributed by atoms with Crippen LogP contribution in [0.3, 0.4) is 0 Å². The van der Waals surface area contributed by atoms with Gasteiger partial charge in [0, 0.05) is 55.6 Å². The van der Waals surface area contributed by atoms with Crippen molar-refractivity contribution >= 4 is 5.91 Å². The van der Waals surface area contributed by atoms with Crippen LogP contribution in [0.5, 0.6) is 0 Å².